The number of allylic oxidation sites excluding steroid dienone is 2. The monoisotopic (exact) mass is 409 g/mol. The van der Waals surface area contributed by atoms with Gasteiger partial charge < -0.3 is 14.8 Å². The summed E-state index contributed by atoms with van der Waals surface area (Å²) in [6, 6.07) is 13.6. The topological polar surface area (TPSA) is 64.6 Å². The summed E-state index contributed by atoms with van der Waals surface area (Å²) < 4.78 is 10.5. The maximum atomic E-state index is 13.0. The van der Waals surface area contributed by atoms with Crippen LogP contribution in [-0.4, -0.2) is 25.7 Å². The van der Waals surface area contributed by atoms with Crippen LogP contribution in [-0.2, 0) is 19.1 Å². The summed E-state index contributed by atoms with van der Waals surface area (Å²) in [5, 5.41) is 5.05. The Labute approximate surface area is 174 Å². The second-order valence-corrected chi connectivity index (χ2v) is 7.53. The smallest absolute Gasteiger partial charge is 0.337 e. The predicted molar refractivity (Wildman–Crippen MR) is 114 cm³/mol. The van der Waals surface area contributed by atoms with E-state index < -0.39 is 17.9 Å². The van der Waals surface area contributed by atoms with E-state index in [9.17, 15) is 9.59 Å². The number of benzene rings is 1. The summed E-state index contributed by atoms with van der Waals surface area (Å²) in [7, 11) is 1.34. The molecule has 1 aliphatic rings. The SMILES string of the molecule is COC(=O)C1=C(C)NC(C)=C(C(=O)OCC=Cc2ccccc2)C1c1cccs1. The highest BCUT2D eigenvalue weighted by Gasteiger charge is 2.38. The van der Waals surface area contributed by atoms with Gasteiger partial charge in [-0.25, -0.2) is 9.59 Å². The molecule has 1 aromatic heterocycles. The normalized spacial score (nSPS) is 16.7. The zero-order valence-electron chi connectivity index (χ0n) is 16.6. The molecular weight excluding hydrogens is 386 g/mol. The minimum atomic E-state index is -0.519. The molecule has 1 aromatic carbocycles. The minimum absolute atomic E-state index is 0.137. The van der Waals surface area contributed by atoms with E-state index in [1.54, 1.807) is 13.0 Å². The molecule has 6 heteroatoms. The van der Waals surface area contributed by atoms with Gasteiger partial charge in [0, 0.05) is 16.3 Å². The van der Waals surface area contributed by atoms with Gasteiger partial charge in [-0.2, -0.15) is 0 Å². The number of hydrogen-bond donors (Lipinski definition) is 1. The van der Waals surface area contributed by atoms with Crippen molar-refractivity contribution in [3.63, 3.8) is 0 Å². The fraction of sp³-hybridized carbons (Fsp3) is 0.217. The van der Waals surface area contributed by atoms with Crippen molar-refractivity contribution in [2.75, 3.05) is 13.7 Å². The molecule has 2 aromatic rings. The van der Waals surface area contributed by atoms with Crippen LogP contribution in [0, 0.1) is 0 Å². The van der Waals surface area contributed by atoms with Gasteiger partial charge in [-0.1, -0.05) is 42.5 Å². The molecular formula is C23H23NO4S. The number of dihydropyridines is 1. The van der Waals surface area contributed by atoms with E-state index in [1.807, 2.05) is 60.8 Å². The second kappa shape index (κ2) is 9.39. The van der Waals surface area contributed by atoms with Crippen molar-refractivity contribution >= 4 is 29.4 Å². The number of thiophene rings is 1. The molecule has 0 saturated heterocycles. The summed E-state index contributed by atoms with van der Waals surface area (Å²) in [5.74, 6) is -1.44. The Morgan fingerprint density at radius 3 is 2.34 bits per heavy atom. The van der Waals surface area contributed by atoms with Gasteiger partial charge in [0.05, 0.1) is 24.2 Å². The van der Waals surface area contributed by atoms with E-state index in [4.69, 9.17) is 9.47 Å². The lowest BCUT2D eigenvalue weighted by atomic mass is 9.84. The maximum absolute atomic E-state index is 13.0. The van der Waals surface area contributed by atoms with Gasteiger partial charge in [-0.3, -0.25) is 0 Å². The fourth-order valence-corrected chi connectivity index (χ4v) is 4.18. The first-order valence-corrected chi connectivity index (χ1v) is 10.1. The van der Waals surface area contributed by atoms with Gasteiger partial charge in [0.2, 0.25) is 0 Å². The average Bonchev–Trinajstić information content (AvgIpc) is 3.25. The molecule has 0 fully saturated rings. The highest BCUT2D eigenvalue weighted by atomic mass is 32.1. The van der Waals surface area contributed by atoms with Crippen LogP contribution in [0.15, 0.2) is 76.5 Å². The molecule has 5 nitrogen and oxygen atoms in total. The molecule has 1 aliphatic heterocycles. The molecule has 1 N–H and O–H groups in total. The van der Waals surface area contributed by atoms with Crippen LogP contribution >= 0.6 is 11.3 Å². The van der Waals surface area contributed by atoms with E-state index in [2.05, 4.69) is 5.32 Å². The molecule has 0 aliphatic carbocycles. The Morgan fingerprint density at radius 1 is 1.03 bits per heavy atom. The van der Waals surface area contributed by atoms with Gasteiger partial charge in [0.15, 0.2) is 0 Å². The number of carbonyl (C=O) groups excluding carboxylic acids is 2. The number of hydrogen-bond acceptors (Lipinski definition) is 6. The number of carbonyl (C=O) groups is 2. The number of ether oxygens (including phenoxy) is 2. The Bertz CT molecular complexity index is 972. The van der Waals surface area contributed by atoms with Gasteiger partial charge in [0.1, 0.15) is 6.61 Å². The van der Waals surface area contributed by atoms with Crippen LogP contribution in [0.25, 0.3) is 6.08 Å². The molecule has 29 heavy (non-hydrogen) atoms. The highest BCUT2D eigenvalue weighted by Crippen LogP contribution is 2.40. The van der Waals surface area contributed by atoms with Crippen LogP contribution < -0.4 is 5.32 Å². The molecule has 1 atom stereocenters. The first kappa shape index (κ1) is 20.6. The van der Waals surface area contributed by atoms with E-state index in [1.165, 1.54) is 18.4 Å². The molecule has 2 heterocycles. The summed E-state index contributed by atoms with van der Waals surface area (Å²) in [6.45, 7) is 3.76. The zero-order valence-corrected chi connectivity index (χ0v) is 17.4. The summed E-state index contributed by atoms with van der Waals surface area (Å²) >= 11 is 1.49. The van der Waals surface area contributed by atoms with Gasteiger partial charge >= 0.3 is 11.9 Å². The summed E-state index contributed by atoms with van der Waals surface area (Å²) in [4.78, 5) is 26.3. The van der Waals surface area contributed by atoms with Crippen molar-refractivity contribution in [3.8, 4) is 0 Å². The molecule has 0 saturated carbocycles. The van der Waals surface area contributed by atoms with Gasteiger partial charge in [-0.15, -0.1) is 11.3 Å². The Balaban J connectivity index is 1.83. The van der Waals surface area contributed by atoms with Crippen LogP contribution in [0.5, 0.6) is 0 Å². The first-order valence-electron chi connectivity index (χ1n) is 9.22. The minimum Gasteiger partial charge on any atom is -0.466 e. The Kier molecular flexibility index (Phi) is 6.67. The third-order valence-electron chi connectivity index (χ3n) is 4.63. The van der Waals surface area contributed by atoms with E-state index in [0.29, 0.717) is 22.5 Å². The number of rotatable bonds is 6. The maximum Gasteiger partial charge on any atom is 0.337 e. The largest absolute Gasteiger partial charge is 0.466 e. The summed E-state index contributed by atoms with van der Waals surface area (Å²) in [5.41, 5.74) is 3.22. The average molecular weight is 410 g/mol. The Morgan fingerprint density at radius 2 is 1.72 bits per heavy atom. The van der Waals surface area contributed by atoms with E-state index in [0.717, 1.165) is 10.4 Å². The summed E-state index contributed by atoms with van der Waals surface area (Å²) in [6.07, 6.45) is 3.69. The van der Waals surface area contributed by atoms with Crippen molar-refractivity contribution < 1.29 is 19.1 Å². The molecule has 0 amide bonds. The van der Waals surface area contributed by atoms with Crippen molar-refractivity contribution in [2.45, 2.75) is 19.8 Å². The van der Waals surface area contributed by atoms with Crippen molar-refractivity contribution in [2.24, 2.45) is 0 Å². The third-order valence-corrected chi connectivity index (χ3v) is 5.57. The predicted octanol–water partition coefficient (Wildman–Crippen LogP) is 4.41. The number of nitrogens with one attached hydrogen (secondary N) is 1. The molecule has 0 radical (unpaired) electrons. The molecule has 1 unspecified atom stereocenters. The lowest BCUT2D eigenvalue weighted by Gasteiger charge is -2.29. The second-order valence-electron chi connectivity index (χ2n) is 6.55. The Hall–Kier alpha value is -3.12. The van der Waals surface area contributed by atoms with E-state index >= 15 is 0 Å². The molecule has 0 bridgehead atoms. The lowest BCUT2D eigenvalue weighted by Crippen LogP contribution is -2.32. The number of methoxy groups -OCH3 is 1. The van der Waals surface area contributed by atoms with Crippen molar-refractivity contribution in [1.82, 2.24) is 5.32 Å². The van der Waals surface area contributed by atoms with Gasteiger partial charge in [-0.05, 0) is 36.9 Å². The van der Waals surface area contributed by atoms with E-state index in [-0.39, 0.29) is 6.61 Å². The molecule has 0 spiro atoms. The third kappa shape index (κ3) is 4.66. The zero-order chi connectivity index (χ0) is 20.8. The number of esters is 2. The van der Waals surface area contributed by atoms with Crippen LogP contribution in [0.2, 0.25) is 0 Å². The van der Waals surface area contributed by atoms with Gasteiger partial charge in [0.25, 0.3) is 0 Å². The standard InChI is InChI=1S/C23H23NO4S/c1-15-19(22(25)27-3)21(18-12-8-14-29-18)20(16(2)24-15)23(26)28-13-7-11-17-9-5-4-6-10-17/h4-12,14,21,24H,13H2,1-3H3. The van der Waals surface area contributed by atoms with Crippen LogP contribution in [0.3, 0.4) is 0 Å². The van der Waals surface area contributed by atoms with Crippen LogP contribution in [0.4, 0.5) is 0 Å². The quantitative estimate of drug-likeness (QED) is 0.716. The molecule has 3 rings (SSSR count). The first-order chi connectivity index (χ1) is 14.0. The van der Waals surface area contributed by atoms with Crippen molar-refractivity contribution in [3.05, 3.63) is 86.9 Å². The lowest BCUT2D eigenvalue weighted by molar-refractivity contribution is -0.138. The van der Waals surface area contributed by atoms with Crippen molar-refractivity contribution in [1.29, 1.82) is 0 Å². The van der Waals surface area contributed by atoms with Crippen LogP contribution in [0.1, 0.15) is 30.2 Å². The fourth-order valence-electron chi connectivity index (χ4n) is 3.34. The highest BCUT2D eigenvalue weighted by molar-refractivity contribution is 7.10. The molecule has 150 valence electrons.